The van der Waals surface area contributed by atoms with Crippen LogP contribution in [0, 0.1) is 0 Å². The van der Waals surface area contributed by atoms with Crippen LogP contribution in [-0.4, -0.2) is 33.2 Å². The van der Waals surface area contributed by atoms with Crippen molar-refractivity contribution in [2.45, 2.75) is 38.3 Å². The zero-order valence-corrected chi connectivity index (χ0v) is 10.8. The third kappa shape index (κ3) is 1.97. The van der Waals surface area contributed by atoms with Gasteiger partial charge in [0.15, 0.2) is 0 Å². The van der Waals surface area contributed by atoms with Crippen LogP contribution < -0.4 is 0 Å². The summed E-state index contributed by atoms with van der Waals surface area (Å²) in [4.78, 5) is 13.4. The zero-order valence-electron chi connectivity index (χ0n) is 10.8. The number of hydrogen-bond acceptors (Lipinski definition) is 3. The molecule has 2 atom stereocenters. The Bertz CT molecular complexity index is 460. The molecule has 1 aromatic rings. The molecule has 2 rings (SSSR count). The number of likely N-dealkylation sites (tertiary alicyclic amines) is 1. The van der Waals surface area contributed by atoms with Gasteiger partial charge >= 0.3 is 5.97 Å². The highest BCUT2D eigenvalue weighted by atomic mass is 16.4. The lowest BCUT2D eigenvalue weighted by molar-refractivity contribution is -0.149. The third-order valence-electron chi connectivity index (χ3n) is 4.01. The summed E-state index contributed by atoms with van der Waals surface area (Å²) >= 11 is 0. The fourth-order valence-electron chi connectivity index (χ4n) is 2.84. The minimum absolute atomic E-state index is 0.102. The number of phenolic OH excluding ortho intramolecular Hbond substituents is 1. The SMILES string of the molecule is CC(c1ccccc1O)N1CCCC1(C)C(=O)O. The number of carboxylic acid groups (broad SMARTS) is 1. The summed E-state index contributed by atoms with van der Waals surface area (Å²) in [5.41, 5.74) is -0.0475. The average molecular weight is 249 g/mol. The summed E-state index contributed by atoms with van der Waals surface area (Å²) in [6, 6.07) is 7.02. The van der Waals surface area contributed by atoms with Gasteiger partial charge in [-0.15, -0.1) is 0 Å². The fraction of sp³-hybridized carbons (Fsp3) is 0.500. The van der Waals surface area contributed by atoms with E-state index in [0.29, 0.717) is 6.42 Å². The maximum atomic E-state index is 11.5. The highest BCUT2D eigenvalue weighted by Gasteiger charge is 2.45. The molecule has 1 saturated heterocycles. The van der Waals surface area contributed by atoms with Gasteiger partial charge in [0.25, 0.3) is 0 Å². The van der Waals surface area contributed by atoms with Crippen LogP contribution >= 0.6 is 0 Å². The van der Waals surface area contributed by atoms with Crippen LogP contribution in [-0.2, 0) is 4.79 Å². The predicted molar refractivity (Wildman–Crippen MR) is 68.5 cm³/mol. The van der Waals surface area contributed by atoms with Crippen molar-refractivity contribution in [3.8, 4) is 5.75 Å². The van der Waals surface area contributed by atoms with Gasteiger partial charge in [0.2, 0.25) is 0 Å². The summed E-state index contributed by atoms with van der Waals surface area (Å²) in [6.45, 7) is 4.46. The Morgan fingerprint density at radius 2 is 2.11 bits per heavy atom. The number of benzene rings is 1. The van der Waals surface area contributed by atoms with E-state index in [1.807, 2.05) is 24.0 Å². The Balaban J connectivity index is 2.32. The minimum Gasteiger partial charge on any atom is -0.508 e. The number of hydrogen-bond donors (Lipinski definition) is 2. The van der Waals surface area contributed by atoms with E-state index in [9.17, 15) is 15.0 Å². The van der Waals surface area contributed by atoms with E-state index in [2.05, 4.69) is 0 Å². The molecule has 18 heavy (non-hydrogen) atoms. The van der Waals surface area contributed by atoms with Gasteiger partial charge < -0.3 is 10.2 Å². The Kier molecular flexibility index (Phi) is 3.30. The first-order valence-electron chi connectivity index (χ1n) is 6.25. The largest absolute Gasteiger partial charge is 0.508 e. The second kappa shape index (κ2) is 4.61. The third-order valence-corrected chi connectivity index (χ3v) is 4.01. The van der Waals surface area contributed by atoms with Gasteiger partial charge in [-0.25, -0.2) is 0 Å². The molecule has 4 nitrogen and oxygen atoms in total. The van der Waals surface area contributed by atoms with Crippen LogP contribution in [0.15, 0.2) is 24.3 Å². The summed E-state index contributed by atoms with van der Waals surface area (Å²) in [5, 5.41) is 19.3. The quantitative estimate of drug-likeness (QED) is 0.863. The number of carboxylic acids is 1. The van der Waals surface area contributed by atoms with Gasteiger partial charge in [0.05, 0.1) is 0 Å². The number of aliphatic carboxylic acids is 1. The Morgan fingerprint density at radius 1 is 1.44 bits per heavy atom. The molecule has 2 unspecified atom stereocenters. The monoisotopic (exact) mass is 249 g/mol. The molecule has 1 fully saturated rings. The first-order chi connectivity index (χ1) is 8.47. The maximum Gasteiger partial charge on any atom is 0.323 e. The smallest absolute Gasteiger partial charge is 0.323 e. The fourth-order valence-corrected chi connectivity index (χ4v) is 2.84. The molecule has 0 bridgehead atoms. The molecule has 0 amide bonds. The Hall–Kier alpha value is -1.55. The second-order valence-electron chi connectivity index (χ2n) is 5.11. The van der Waals surface area contributed by atoms with Crippen molar-refractivity contribution < 1.29 is 15.0 Å². The zero-order chi connectivity index (χ0) is 13.3. The van der Waals surface area contributed by atoms with Crippen molar-refractivity contribution in [1.29, 1.82) is 0 Å². The van der Waals surface area contributed by atoms with Crippen LogP contribution in [0.3, 0.4) is 0 Å². The molecule has 1 aliphatic heterocycles. The maximum absolute atomic E-state index is 11.5. The first-order valence-corrected chi connectivity index (χ1v) is 6.25. The lowest BCUT2D eigenvalue weighted by atomic mass is 9.96. The molecule has 1 aliphatic rings. The summed E-state index contributed by atoms with van der Waals surface area (Å²) < 4.78 is 0. The molecule has 0 aliphatic carbocycles. The van der Waals surface area contributed by atoms with E-state index in [1.54, 1.807) is 19.1 Å². The van der Waals surface area contributed by atoms with E-state index in [-0.39, 0.29) is 11.8 Å². The van der Waals surface area contributed by atoms with Crippen molar-refractivity contribution in [3.05, 3.63) is 29.8 Å². The molecule has 0 saturated carbocycles. The van der Waals surface area contributed by atoms with Crippen LogP contribution in [0.2, 0.25) is 0 Å². The molecule has 0 spiro atoms. The van der Waals surface area contributed by atoms with Crippen molar-refractivity contribution >= 4 is 5.97 Å². The van der Waals surface area contributed by atoms with Crippen LogP contribution in [0.1, 0.15) is 38.3 Å². The number of rotatable bonds is 3. The highest BCUT2D eigenvalue weighted by Crippen LogP contribution is 2.39. The van der Waals surface area contributed by atoms with Gasteiger partial charge in [-0.1, -0.05) is 18.2 Å². The van der Waals surface area contributed by atoms with E-state index in [1.165, 1.54) is 0 Å². The topological polar surface area (TPSA) is 60.8 Å². The lowest BCUT2D eigenvalue weighted by Crippen LogP contribution is -2.48. The number of nitrogens with zero attached hydrogens (tertiary/aromatic N) is 1. The van der Waals surface area contributed by atoms with Gasteiger partial charge in [-0.3, -0.25) is 9.69 Å². The van der Waals surface area contributed by atoms with Crippen LogP contribution in [0.4, 0.5) is 0 Å². The first kappa shape index (κ1) is 12.9. The number of carbonyl (C=O) groups is 1. The normalized spacial score (nSPS) is 26.1. The van der Waals surface area contributed by atoms with E-state index >= 15 is 0 Å². The van der Waals surface area contributed by atoms with Gasteiger partial charge in [-0.05, 0) is 39.3 Å². The molecular weight excluding hydrogens is 230 g/mol. The number of para-hydroxylation sites is 1. The molecule has 4 heteroatoms. The molecule has 98 valence electrons. The van der Waals surface area contributed by atoms with Crippen molar-refractivity contribution in [2.24, 2.45) is 0 Å². The molecular formula is C14H19NO3. The van der Waals surface area contributed by atoms with Gasteiger partial charge in [-0.2, -0.15) is 0 Å². The predicted octanol–water partition coefficient (Wildman–Crippen LogP) is 2.39. The molecule has 2 N–H and O–H groups in total. The van der Waals surface area contributed by atoms with Gasteiger partial charge in [0.1, 0.15) is 11.3 Å². The van der Waals surface area contributed by atoms with E-state index < -0.39 is 11.5 Å². The van der Waals surface area contributed by atoms with Crippen LogP contribution in [0.25, 0.3) is 0 Å². The van der Waals surface area contributed by atoms with Crippen LogP contribution in [0.5, 0.6) is 5.75 Å². The minimum atomic E-state index is -0.832. The van der Waals surface area contributed by atoms with Crippen molar-refractivity contribution in [2.75, 3.05) is 6.54 Å². The lowest BCUT2D eigenvalue weighted by Gasteiger charge is -2.36. The average Bonchev–Trinajstić information content (AvgIpc) is 2.72. The number of aromatic hydroxyl groups is 1. The Labute approximate surface area is 107 Å². The van der Waals surface area contributed by atoms with Crippen molar-refractivity contribution in [3.63, 3.8) is 0 Å². The van der Waals surface area contributed by atoms with Gasteiger partial charge in [0, 0.05) is 11.6 Å². The molecule has 0 aromatic heterocycles. The van der Waals surface area contributed by atoms with E-state index in [0.717, 1.165) is 18.5 Å². The standard InChI is InChI=1S/C14H19NO3/c1-10(11-6-3-4-7-12(11)16)15-9-5-8-14(15,2)13(17)18/h3-4,6-7,10,16H,5,8-9H2,1-2H3,(H,17,18). The molecule has 1 heterocycles. The Morgan fingerprint density at radius 3 is 2.72 bits per heavy atom. The summed E-state index contributed by atoms with van der Waals surface area (Å²) in [6.07, 6.45) is 1.53. The summed E-state index contributed by atoms with van der Waals surface area (Å²) in [5.74, 6) is -0.563. The van der Waals surface area contributed by atoms with E-state index in [4.69, 9.17) is 0 Å². The summed E-state index contributed by atoms with van der Waals surface area (Å²) in [7, 11) is 0. The molecule has 0 radical (unpaired) electrons. The molecule has 1 aromatic carbocycles. The van der Waals surface area contributed by atoms with Crippen molar-refractivity contribution in [1.82, 2.24) is 4.90 Å². The number of phenols is 1. The second-order valence-corrected chi connectivity index (χ2v) is 5.11. The highest BCUT2D eigenvalue weighted by molar-refractivity contribution is 5.78.